The highest BCUT2D eigenvalue weighted by Gasteiger charge is 2.15. The number of anilines is 1. The third-order valence-corrected chi connectivity index (χ3v) is 4.06. The van der Waals surface area contributed by atoms with Crippen LogP contribution in [0.2, 0.25) is 0 Å². The second-order valence-corrected chi connectivity index (χ2v) is 5.99. The van der Waals surface area contributed by atoms with Gasteiger partial charge in [-0.25, -0.2) is 19.5 Å². The minimum absolute atomic E-state index is 0.242. The second kappa shape index (κ2) is 6.36. The third kappa shape index (κ3) is 2.90. The van der Waals surface area contributed by atoms with E-state index in [1.807, 2.05) is 44.2 Å². The highest BCUT2D eigenvalue weighted by atomic mass is 16.1. The van der Waals surface area contributed by atoms with E-state index in [-0.39, 0.29) is 5.91 Å². The molecule has 1 aromatic carbocycles. The Morgan fingerprint density at radius 2 is 1.73 bits per heavy atom. The number of fused-ring (bicyclic) bond motifs is 1. The van der Waals surface area contributed by atoms with Crippen LogP contribution in [0.25, 0.3) is 16.8 Å². The van der Waals surface area contributed by atoms with Gasteiger partial charge in [0.1, 0.15) is 11.9 Å². The van der Waals surface area contributed by atoms with Crippen LogP contribution >= 0.6 is 0 Å². The predicted octanol–water partition coefficient (Wildman–Crippen LogP) is 3.06. The van der Waals surface area contributed by atoms with E-state index in [2.05, 4.69) is 25.4 Å². The summed E-state index contributed by atoms with van der Waals surface area (Å²) in [5, 5.41) is 7.15. The third-order valence-electron chi connectivity index (χ3n) is 4.06. The molecule has 0 radical (unpaired) electrons. The van der Waals surface area contributed by atoms with Gasteiger partial charge in [0.25, 0.3) is 5.91 Å². The van der Waals surface area contributed by atoms with Gasteiger partial charge < -0.3 is 5.32 Å². The number of benzene rings is 1. The zero-order chi connectivity index (χ0) is 18.1. The fourth-order valence-electron chi connectivity index (χ4n) is 2.82. The predicted molar refractivity (Wildman–Crippen MR) is 97.9 cm³/mol. The molecule has 3 aromatic heterocycles. The molecule has 0 saturated carbocycles. The van der Waals surface area contributed by atoms with Crippen molar-refractivity contribution in [2.24, 2.45) is 0 Å². The molecular formula is C19H16N6O. The molecular weight excluding hydrogens is 328 g/mol. The zero-order valence-corrected chi connectivity index (χ0v) is 14.3. The van der Waals surface area contributed by atoms with Gasteiger partial charge in [0.15, 0.2) is 5.65 Å². The van der Waals surface area contributed by atoms with Crippen molar-refractivity contribution in [3.63, 3.8) is 0 Å². The maximum atomic E-state index is 12.6. The summed E-state index contributed by atoms with van der Waals surface area (Å²) < 4.78 is 1.67. The van der Waals surface area contributed by atoms with Gasteiger partial charge in [-0.3, -0.25) is 4.79 Å². The van der Waals surface area contributed by atoms with Gasteiger partial charge in [0.05, 0.1) is 6.20 Å². The highest BCUT2D eigenvalue weighted by Crippen LogP contribution is 2.20. The topological polar surface area (TPSA) is 85.1 Å². The molecule has 128 valence electrons. The number of nitrogens with zero attached hydrogens (tertiary/aromatic N) is 5. The Morgan fingerprint density at radius 3 is 2.46 bits per heavy atom. The number of amides is 1. The summed E-state index contributed by atoms with van der Waals surface area (Å²) in [6, 6.07) is 9.44. The lowest BCUT2D eigenvalue weighted by molar-refractivity contribution is 0.102. The summed E-state index contributed by atoms with van der Waals surface area (Å²) in [5.41, 5.74) is 5.37. The number of hydrogen-bond acceptors (Lipinski definition) is 5. The van der Waals surface area contributed by atoms with Crippen LogP contribution in [0.15, 0.2) is 55.2 Å². The fraction of sp³-hybridized carbons (Fsp3) is 0.105. The van der Waals surface area contributed by atoms with Gasteiger partial charge in [-0.1, -0.05) is 12.1 Å². The first-order valence-electron chi connectivity index (χ1n) is 8.10. The Hall–Kier alpha value is -3.61. The molecule has 1 N–H and O–H groups in total. The Labute approximate surface area is 149 Å². The zero-order valence-electron chi connectivity index (χ0n) is 14.3. The summed E-state index contributed by atoms with van der Waals surface area (Å²) in [6.45, 7) is 3.83. The van der Waals surface area contributed by atoms with E-state index in [1.54, 1.807) is 23.1 Å². The molecule has 0 unspecified atom stereocenters. The lowest BCUT2D eigenvalue weighted by atomic mass is 10.1. The Kier molecular flexibility index (Phi) is 3.89. The standard InChI is InChI=1S/C19H16N6O/c1-12-7-13(2)25-18(23-12)17(10-22-25)19(26)24-16-5-3-14(4-6-16)15-8-20-11-21-9-15/h3-11H,1-2H3,(H,24,26). The molecule has 0 aliphatic rings. The first kappa shape index (κ1) is 15.9. The van der Waals surface area contributed by atoms with Crippen LogP contribution in [0, 0.1) is 13.8 Å². The minimum Gasteiger partial charge on any atom is -0.322 e. The van der Waals surface area contributed by atoms with Crippen molar-refractivity contribution >= 4 is 17.2 Å². The number of carbonyl (C=O) groups excluding carboxylic acids is 1. The second-order valence-electron chi connectivity index (χ2n) is 5.99. The number of carbonyl (C=O) groups is 1. The number of aryl methyl sites for hydroxylation is 2. The van der Waals surface area contributed by atoms with Gasteiger partial charge in [0.2, 0.25) is 0 Å². The molecule has 0 spiro atoms. The largest absolute Gasteiger partial charge is 0.322 e. The molecule has 7 heteroatoms. The molecule has 4 aromatic rings. The number of hydrogen-bond donors (Lipinski definition) is 1. The van der Waals surface area contributed by atoms with Crippen molar-refractivity contribution in [1.29, 1.82) is 0 Å². The van der Waals surface area contributed by atoms with Crippen LogP contribution in [0.4, 0.5) is 5.69 Å². The lowest BCUT2D eigenvalue weighted by Gasteiger charge is -2.06. The fourth-order valence-corrected chi connectivity index (χ4v) is 2.82. The van der Waals surface area contributed by atoms with E-state index < -0.39 is 0 Å². The molecule has 26 heavy (non-hydrogen) atoms. The maximum absolute atomic E-state index is 12.6. The first-order valence-corrected chi connectivity index (χ1v) is 8.10. The molecule has 3 heterocycles. The molecule has 0 fully saturated rings. The molecule has 0 saturated heterocycles. The van der Waals surface area contributed by atoms with E-state index in [9.17, 15) is 4.79 Å². The summed E-state index contributed by atoms with van der Waals surface area (Å²) in [5.74, 6) is -0.242. The van der Waals surface area contributed by atoms with Crippen LogP contribution in [0.5, 0.6) is 0 Å². The van der Waals surface area contributed by atoms with Gasteiger partial charge >= 0.3 is 0 Å². The monoisotopic (exact) mass is 344 g/mol. The Balaban J connectivity index is 1.59. The van der Waals surface area contributed by atoms with E-state index in [1.165, 1.54) is 6.33 Å². The van der Waals surface area contributed by atoms with Crippen LogP contribution in [-0.4, -0.2) is 30.5 Å². The van der Waals surface area contributed by atoms with E-state index in [4.69, 9.17) is 0 Å². The quantitative estimate of drug-likeness (QED) is 0.617. The SMILES string of the molecule is Cc1cc(C)n2ncc(C(=O)Nc3ccc(-c4cncnc4)cc3)c2n1. The molecule has 4 rings (SSSR count). The number of aromatic nitrogens is 5. The number of nitrogens with one attached hydrogen (secondary N) is 1. The summed E-state index contributed by atoms with van der Waals surface area (Å²) in [4.78, 5) is 25.1. The lowest BCUT2D eigenvalue weighted by Crippen LogP contribution is -2.12. The molecule has 0 bridgehead atoms. The van der Waals surface area contributed by atoms with Crippen LogP contribution in [0.1, 0.15) is 21.7 Å². The molecule has 1 amide bonds. The molecule has 0 aliphatic carbocycles. The van der Waals surface area contributed by atoms with Crippen molar-refractivity contribution in [2.45, 2.75) is 13.8 Å². The van der Waals surface area contributed by atoms with E-state index >= 15 is 0 Å². The van der Waals surface area contributed by atoms with Crippen molar-refractivity contribution in [1.82, 2.24) is 24.6 Å². The average Bonchev–Trinajstić information content (AvgIpc) is 3.07. The van der Waals surface area contributed by atoms with Crippen molar-refractivity contribution in [3.05, 3.63) is 72.2 Å². The average molecular weight is 344 g/mol. The van der Waals surface area contributed by atoms with Gasteiger partial charge in [-0.05, 0) is 37.6 Å². The number of rotatable bonds is 3. The first-order chi connectivity index (χ1) is 12.6. The Morgan fingerprint density at radius 1 is 1.00 bits per heavy atom. The smallest absolute Gasteiger partial charge is 0.261 e. The Bertz CT molecular complexity index is 1090. The minimum atomic E-state index is -0.242. The maximum Gasteiger partial charge on any atom is 0.261 e. The molecule has 7 nitrogen and oxygen atoms in total. The normalized spacial score (nSPS) is 10.8. The van der Waals surface area contributed by atoms with Crippen LogP contribution in [-0.2, 0) is 0 Å². The van der Waals surface area contributed by atoms with E-state index in [0.717, 1.165) is 22.5 Å². The summed E-state index contributed by atoms with van der Waals surface area (Å²) in [7, 11) is 0. The van der Waals surface area contributed by atoms with Crippen LogP contribution in [0.3, 0.4) is 0 Å². The summed E-state index contributed by atoms with van der Waals surface area (Å²) >= 11 is 0. The highest BCUT2D eigenvalue weighted by molar-refractivity contribution is 6.08. The van der Waals surface area contributed by atoms with Gasteiger partial charge in [-0.2, -0.15) is 5.10 Å². The van der Waals surface area contributed by atoms with Crippen molar-refractivity contribution in [3.8, 4) is 11.1 Å². The van der Waals surface area contributed by atoms with Gasteiger partial charge in [0, 0.05) is 35.0 Å². The van der Waals surface area contributed by atoms with Gasteiger partial charge in [-0.15, -0.1) is 0 Å². The molecule has 0 atom stereocenters. The molecule has 0 aliphatic heterocycles. The van der Waals surface area contributed by atoms with Crippen LogP contribution < -0.4 is 5.32 Å². The van der Waals surface area contributed by atoms with Crippen molar-refractivity contribution in [2.75, 3.05) is 5.32 Å². The summed E-state index contributed by atoms with van der Waals surface area (Å²) in [6.07, 6.45) is 6.53. The van der Waals surface area contributed by atoms with Crippen molar-refractivity contribution < 1.29 is 4.79 Å². The van der Waals surface area contributed by atoms with E-state index in [0.29, 0.717) is 16.9 Å².